The van der Waals surface area contributed by atoms with Crippen LogP contribution in [0.15, 0.2) is 42.7 Å². The van der Waals surface area contributed by atoms with Gasteiger partial charge in [0.05, 0.1) is 18.0 Å². The molecular formula is C16H21N3O. The first-order valence-corrected chi connectivity index (χ1v) is 7.10. The number of aromatic nitrogens is 2. The molecule has 0 aliphatic carbocycles. The molecule has 0 aliphatic heterocycles. The average molecular weight is 271 g/mol. The Balaban J connectivity index is 1.84. The lowest BCUT2D eigenvalue weighted by molar-refractivity contribution is 0.304. The Morgan fingerprint density at radius 3 is 2.55 bits per heavy atom. The van der Waals surface area contributed by atoms with Crippen molar-refractivity contribution in [2.45, 2.75) is 25.7 Å². The van der Waals surface area contributed by atoms with Crippen LogP contribution in [0.5, 0.6) is 5.75 Å². The maximum atomic E-state index is 5.75. The van der Waals surface area contributed by atoms with Crippen LogP contribution in [-0.4, -0.2) is 23.1 Å². The number of unbranched alkanes of at least 4 members (excludes halogenated alkanes) is 3. The Hall–Kier alpha value is -1.94. The van der Waals surface area contributed by atoms with Crippen molar-refractivity contribution in [3.05, 3.63) is 42.7 Å². The topological polar surface area (TPSA) is 61.0 Å². The van der Waals surface area contributed by atoms with Gasteiger partial charge >= 0.3 is 0 Å². The molecule has 0 amide bonds. The molecule has 2 rings (SSSR count). The smallest absolute Gasteiger partial charge is 0.123 e. The van der Waals surface area contributed by atoms with E-state index in [0.717, 1.165) is 49.6 Å². The standard InChI is InChI=1S/C16H21N3O/c17-9-4-1-2-6-12-20-14-8-11-19-16(13-14)15-7-3-5-10-18-15/h3,5,7-8,10-11,13H,1-2,4,6,9,12,17H2. The largest absolute Gasteiger partial charge is 0.493 e. The van der Waals surface area contributed by atoms with Gasteiger partial charge in [-0.1, -0.05) is 18.9 Å². The fourth-order valence-electron chi connectivity index (χ4n) is 1.95. The summed E-state index contributed by atoms with van der Waals surface area (Å²) < 4.78 is 5.75. The molecule has 0 fully saturated rings. The molecule has 0 radical (unpaired) electrons. The highest BCUT2D eigenvalue weighted by atomic mass is 16.5. The van der Waals surface area contributed by atoms with E-state index in [2.05, 4.69) is 9.97 Å². The molecule has 106 valence electrons. The molecule has 2 N–H and O–H groups in total. The fourth-order valence-corrected chi connectivity index (χ4v) is 1.95. The van der Waals surface area contributed by atoms with Gasteiger partial charge in [-0.25, -0.2) is 0 Å². The Morgan fingerprint density at radius 2 is 1.75 bits per heavy atom. The van der Waals surface area contributed by atoms with Crippen LogP contribution >= 0.6 is 0 Å². The van der Waals surface area contributed by atoms with E-state index >= 15 is 0 Å². The second-order valence-electron chi connectivity index (χ2n) is 4.64. The maximum absolute atomic E-state index is 5.75. The molecule has 0 atom stereocenters. The summed E-state index contributed by atoms with van der Waals surface area (Å²) in [6.45, 7) is 1.51. The van der Waals surface area contributed by atoms with Crippen molar-refractivity contribution in [2.24, 2.45) is 5.73 Å². The Bertz CT molecular complexity index is 502. The highest BCUT2D eigenvalue weighted by molar-refractivity contribution is 5.55. The predicted octanol–water partition coefficient (Wildman–Crippen LogP) is 3.04. The minimum Gasteiger partial charge on any atom is -0.493 e. The molecule has 4 heteroatoms. The molecule has 2 heterocycles. The van der Waals surface area contributed by atoms with E-state index in [0.29, 0.717) is 0 Å². The summed E-state index contributed by atoms with van der Waals surface area (Å²) in [6, 6.07) is 9.60. The second-order valence-corrected chi connectivity index (χ2v) is 4.64. The molecule has 0 saturated heterocycles. The summed E-state index contributed by atoms with van der Waals surface area (Å²) in [5.41, 5.74) is 7.16. The minimum atomic E-state index is 0.732. The van der Waals surface area contributed by atoms with E-state index in [4.69, 9.17) is 10.5 Å². The summed E-state index contributed by atoms with van der Waals surface area (Å²) in [7, 11) is 0. The second kappa shape index (κ2) is 8.27. The van der Waals surface area contributed by atoms with Crippen LogP contribution in [0.3, 0.4) is 0 Å². The Kier molecular flexibility index (Phi) is 5.99. The first-order valence-electron chi connectivity index (χ1n) is 7.10. The van der Waals surface area contributed by atoms with E-state index in [-0.39, 0.29) is 0 Å². The normalized spacial score (nSPS) is 10.4. The SMILES string of the molecule is NCCCCCCOc1ccnc(-c2ccccn2)c1. The third kappa shape index (κ3) is 4.63. The van der Waals surface area contributed by atoms with Crippen LogP contribution in [0, 0.1) is 0 Å². The van der Waals surface area contributed by atoms with Gasteiger partial charge in [-0.05, 0) is 37.6 Å². The molecule has 20 heavy (non-hydrogen) atoms. The van der Waals surface area contributed by atoms with Gasteiger partial charge in [-0.2, -0.15) is 0 Å². The Labute approximate surface area is 120 Å². The van der Waals surface area contributed by atoms with Crippen molar-refractivity contribution in [3.63, 3.8) is 0 Å². The van der Waals surface area contributed by atoms with E-state index in [1.807, 2.05) is 30.3 Å². The summed E-state index contributed by atoms with van der Waals surface area (Å²) in [5.74, 6) is 0.847. The minimum absolute atomic E-state index is 0.732. The van der Waals surface area contributed by atoms with Gasteiger partial charge in [0.25, 0.3) is 0 Å². The van der Waals surface area contributed by atoms with Crippen molar-refractivity contribution in [1.29, 1.82) is 0 Å². The van der Waals surface area contributed by atoms with E-state index in [1.54, 1.807) is 12.4 Å². The van der Waals surface area contributed by atoms with E-state index in [1.165, 1.54) is 6.42 Å². The molecule has 0 saturated carbocycles. The van der Waals surface area contributed by atoms with Crippen molar-refractivity contribution < 1.29 is 4.74 Å². The van der Waals surface area contributed by atoms with Gasteiger partial charge in [0, 0.05) is 18.5 Å². The van der Waals surface area contributed by atoms with Crippen LogP contribution in [0.25, 0.3) is 11.4 Å². The summed E-state index contributed by atoms with van der Waals surface area (Å²) in [4.78, 5) is 8.61. The lowest BCUT2D eigenvalue weighted by atomic mass is 10.2. The monoisotopic (exact) mass is 271 g/mol. The number of hydrogen-bond donors (Lipinski definition) is 1. The molecule has 2 aromatic heterocycles. The van der Waals surface area contributed by atoms with E-state index < -0.39 is 0 Å². The summed E-state index contributed by atoms with van der Waals surface area (Å²) in [6.07, 6.45) is 8.01. The van der Waals surface area contributed by atoms with Crippen molar-refractivity contribution in [3.8, 4) is 17.1 Å². The van der Waals surface area contributed by atoms with Gasteiger partial charge in [0.2, 0.25) is 0 Å². The number of pyridine rings is 2. The third-order valence-corrected chi connectivity index (χ3v) is 3.03. The highest BCUT2D eigenvalue weighted by Crippen LogP contribution is 2.19. The molecule has 0 bridgehead atoms. The molecule has 2 aromatic rings. The summed E-state index contributed by atoms with van der Waals surface area (Å²) in [5, 5.41) is 0. The summed E-state index contributed by atoms with van der Waals surface area (Å²) >= 11 is 0. The zero-order chi connectivity index (χ0) is 14.0. The first-order chi connectivity index (χ1) is 9.90. The average Bonchev–Trinajstić information content (AvgIpc) is 2.52. The molecular weight excluding hydrogens is 250 g/mol. The predicted molar refractivity (Wildman–Crippen MR) is 80.5 cm³/mol. The van der Waals surface area contributed by atoms with Crippen LogP contribution < -0.4 is 10.5 Å². The number of nitrogens with zero attached hydrogens (tertiary/aromatic N) is 2. The van der Waals surface area contributed by atoms with Gasteiger partial charge in [0.1, 0.15) is 5.75 Å². The van der Waals surface area contributed by atoms with Gasteiger partial charge in [-0.15, -0.1) is 0 Å². The van der Waals surface area contributed by atoms with Crippen LogP contribution in [0.2, 0.25) is 0 Å². The van der Waals surface area contributed by atoms with Crippen LogP contribution in [0.4, 0.5) is 0 Å². The highest BCUT2D eigenvalue weighted by Gasteiger charge is 2.02. The molecule has 4 nitrogen and oxygen atoms in total. The zero-order valence-corrected chi connectivity index (χ0v) is 11.7. The maximum Gasteiger partial charge on any atom is 0.123 e. The molecule has 0 aromatic carbocycles. The third-order valence-electron chi connectivity index (χ3n) is 3.03. The zero-order valence-electron chi connectivity index (χ0n) is 11.7. The van der Waals surface area contributed by atoms with E-state index in [9.17, 15) is 0 Å². The lowest BCUT2D eigenvalue weighted by Gasteiger charge is -2.07. The molecule has 0 unspecified atom stereocenters. The molecule has 0 spiro atoms. The Morgan fingerprint density at radius 1 is 0.900 bits per heavy atom. The van der Waals surface area contributed by atoms with Gasteiger partial charge in [-0.3, -0.25) is 9.97 Å². The van der Waals surface area contributed by atoms with Gasteiger partial charge in [0.15, 0.2) is 0 Å². The first kappa shape index (κ1) is 14.5. The number of nitrogens with two attached hydrogens (primary N) is 1. The number of hydrogen-bond acceptors (Lipinski definition) is 4. The van der Waals surface area contributed by atoms with Crippen molar-refractivity contribution in [1.82, 2.24) is 9.97 Å². The molecule has 0 aliphatic rings. The van der Waals surface area contributed by atoms with Crippen molar-refractivity contribution >= 4 is 0 Å². The fraction of sp³-hybridized carbons (Fsp3) is 0.375. The lowest BCUT2D eigenvalue weighted by Crippen LogP contribution is -2.00. The van der Waals surface area contributed by atoms with Crippen LogP contribution in [0.1, 0.15) is 25.7 Å². The van der Waals surface area contributed by atoms with Crippen molar-refractivity contribution in [2.75, 3.05) is 13.2 Å². The quantitative estimate of drug-likeness (QED) is 0.750. The number of ether oxygens (including phenoxy) is 1. The van der Waals surface area contributed by atoms with Crippen LogP contribution in [-0.2, 0) is 0 Å². The number of rotatable bonds is 8. The van der Waals surface area contributed by atoms with Gasteiger partial charge < -0.3 is 10.5 Å².